The molecule has 2 aromatic carbocycles. The zero-order valence-electron chi connectivity index (χ0n) is 17.2. The predicted molar refractivity (Wildman–Crippen MR) is 118 cm³/mol. The van der Waals surface area contributed by atoms with E-state index in [9.17, 15) is 4.91 Å². The monoisotopic (exact) mass is 402 g/mol. The van der Waals surface area contributed by atoms with Crippen molar-refractivity contribution in [3.05, 3.63) is 82.8 Å². The number of fused-ring (bicyclic) bond motifs is 1. The van der Waals surface area contributed by atoms with Gasteiger partial charge in [-0.3, -0.25) is 0 Å². The molecule has 5 nitrogen and oxygen atoms in total. The first-order valence-corrected chi connectivity index (χ1v) is 10.4. The minimum atomic E-state index is -0.701. The molecule has 0 amide bonds. The summed E-state index contributed by atoms with van der Waals surface area (Å²) in [4.78, 5) is 13.6. The lowest BCUT2D eigenvalue weighted by molar-refractivity contribution is -0.0562. The highest BCUT2D eigenvalue weighted by Gasteiger charge is 2.42. The van der Waals surface area contributed by atoms with Crippen LogP contribution in [0.1, 0.15) is 23.1 Å². The average Bonchev–Trinajstić information content (AvgIpc) is 3.33. The molecule has 0 bridgehead atoms. The van der Waals surface area contributed by atoms with Crippen LogP contribution in [0.15, 0.2) is 66.4 Å². The van der Waals surface area contributed by atoms with Crippen LogP contribution in [0.2, 0.25) is 0 Å². The highest BCUT2D eigenvalue weighted by atomic mass is 16.5. The largest absolute Gasteiger partial charge is 0.497 e. The van der Waals surface area contributed by atoms with Gasteiger partial charge in [0.15, 0.2) is 5.54 Å². The van der Waals surface area contributed by atoms with Crippen LogP contribution >= 0.6 is 0 Å². The smallest absolute Gasteiger partial charge is 0.174 e. The van der Waals surface area contributed by atoms with Crippen molar-refractivity contribution in [3.8, 4) is 5.75 Å². The first-order valence-electron chi connectivity index (χ1n) is 10.4. The maximum atomic E-state index is 11.2. The second-order valence-electron chi connectivity index (χ2n) is 8.59. The Labute approximate surface area is 177 Å². The van der Waals surface area contributed by atoms with Gasteiger partial charge < -0.3 is 14.4 Å². The Morgan fingerprint density at radius 3 is 2.43 bits per heavy atom. The molecule has 0 N–H and O–H groups in total. The number of benzene rings is 2. The predicted octanol–water partition coefficient (Wildman–Crippen LogP) is 4.69. The topological polar surface area (TPSA) is 51.1 Å². The number of likely N-dealkylation sites (tertiary alicyclic amines) is 1. The minimum Gasteiger partial charge on any atom is -0.497 e. The SMILES string of the molecule is C=C(c1ccc(C2(N=O)COC2)cc1)N1CC2C=C(c3ccc(OC)cc3)CC2C1. The molecule has 2 saturated heterocycles. The third-order valence-corrected chi connectivity index (χ3v) is 6.84. The Bertz CT molecular complexity index is 990. The van der Waals surface area contributed by atoms with E-state index in [1.807, 2.05) is 24.3 Å². The van der Waals surface area contributed by atoms with Gasteiger partial charge >= 0.3 is 0 Å². The van der Waals surface area contributed by atoms with Crippen LogP contribution in [-0.4, -0.2) is 38.3 Å². The molecule has 5 heteroatoms. The van der Waals surface area contributed by atoms with E-state index in [1.165, 1.54) is 11.1 Å². The van der Waals surface area contributed by atoms with Crippen molar-refractivity contribution in [2.75, 3.05) is 33.4 Å². The van der Waals surface area contributed by atoms with Crippen molar-refractivity contribution in [2.45, 2.75) is 12.0 Å². The second kappa shape index (κ2) is 7.40. The van der Waals surface area contributed by atoms with Crippen LogP contribution < -0.4 is 4.74 Å². The number of rotatable bonds is 6. The summed E-state index contributed by atoms with van der Waals surface area (Å²) >= 11 is 0. The van der Waals surface area contributed by atoms with Gasteiger partial charge in [0.05, 0.1) is 20.3 Å². The molecule has 2 aromatic rings. The van der Waals surface area contributed by atoms with Gasteiger partial charge in [-0.15, -0.1) is 4.91 Å². The summed E-state index contributed by atoms with van der Waals surface area (Å²) in [5.41, 5.74) is 5.10. The highest BCUT2D eigenvalue weighted by molar-refractivity contribution is 5.70. The van der Waals surface area contributed by atoms with Crippen LogP contribution in [0, 0.1) is 16.7 Å². The first-order chi connectivity index (χ1) is 14.6. The van der Waals surface area contributed by atoms with Crippen molar-refractivity contribution in [1.82, 2.24) is 4.90 Å². The summed E-state index contributed by atoms with van der Waals surface area (Å²) in [7, 11) is 1.70. The van der Waals surface area contributed by atoms with Crippen molar-refractivity contribution in [2.24, 2.45) is 17.0 Å². The Morgan fingerprint density at radius 2 is 1.87 bits per heavy atom. The molecule has 3 aliphatic rings. The summed E-state index contributed by atoms with van der Waals surface area (Å²) in [5.74, 6) is 2.09. The molecule has 5 rings (SSSR count). The van der Waals surface area contributed by atoms with Gasteiger partial charge in [-0.1, -0.05) is 54.2 Å². The van der Waals surface area contributed by atoms with E-state index in [0.717, 1.165) is 42.1 Å². The van der Waals surface area contributed by atoms with Gasteiger partial charge in [0, 0.05) is 18.8 Å². The molecule has 2 heterocycles. The van der Waals surface area contributed by atoms with Crippen LogP contribution in [0.4, 0.5) is 0 Å². The van der Waals surface area contributed by atoms with Crippen molar-refractivity contribution < 1.29 is 9.47 Å². The molecule has 154 valence electrons. The van der Waals surface area contributed by atoms with Gasteiger partial charge in [-0.2, -0.15) is 0 Å². The number of hydrogen-bond acceptors (Lipinski definition) is 5. The van der Waals surface area contributed by atoms with Gasteiger partial charge in [0.2, 0.25) is 0 Å². The summed E-state index contributed by atoms with van der Waals surface area (Å²) in [6.45, 7) is 7.12. The zero-order chi connectivity index (χ0) is 20.7. The van der Waals surface area contributed by atoms with Crippen LogP contribution in [0.3, 0.4) is 0 Å². The molecule has 0 saturated carbocycles. The van der Waals surface area contributed by atoms with E-state index in [-0.39, 0.29) is 0 Å². The molecule has 0 aromatic heterocycles. The fourth-order valence-corrected chi connectivity index (χ4v) is 4.87. The summed E-state index contributed by atoms with van der Waals surface area (Å²) in [6.07, 6.45) is 3.55. The second-order valence-corrected chi connectivity index (χ2v) is 8.59. The van der Waals surface area contributed by atoms with E-state index in [2.05, 4.69) is 47.0 Å². The minimum absolute atomic E-state index is 0.370. The fourth-order valence-electron chi connectivity index (χ4n) is 4.87. The van der Waals surface area contributed by atoms with E-state index >= 15 is 0 Å². The third kappa shape index (κ3) is 3.14. The van der Waals surface area contributed by atoms with E-state index < -0.39 is 5.54 Å². The van der Waals surface area contributed by atoms with Crippen LogP contribution in [0.5, 0.6) is 5.75 Å². The van der Waals surface area contributed by atoms with Crippen molar-refractivity contribution in [3.63, 3.8) is 0 Å². The van der Waals surface area contributed by atoms with Gasteiger partial charge in [0.25, 0.3) is 0 Å². The lowest BCUT2D eigenvalue weighted by Gasteiger charge is -2.35. The van der Waals surface area contributed by atoms with E-state index in [4.69, 9.17) is 9.47 Å². The number of allylic oxidation sites excluding steroid dienone is 1. The molecule has 0 radical (unpaired) electrons. The normalized spacial score (nSPS) is 24.0. The number of nitrogens with zero attached hydrogens (tertiary/aromatic N) is 2. The van der Waals surface area contributed by atoms with Gasteiger partial charge in [-0.25, -0.2) is 0 Å². The van der Waals surface area contributed by atoms with E-state index in [0.29, 0.717) is 25.0 Å². The Hall–Kier alpha value is -2.92. The third-order valence-electron chi connectivity index (χ3n) is 6.84. The van der Waals surface area contributed by atoms with Crippen LogP contribution in [-0.2, 0) is 10.3 Å². The Morgan fingerprint density at radius 1 is 1.13 bits per heavy atom. The molecule has 2 fully saturated rings. The van der Waals surface area contributed by atoms with Gasteiger partial charge in [-0.05, 0) is 52.7 Å². The molecular formula is C25H26N2O3. The quantitative estimate of drug-likeness (QED) is 0.658. The summed E-state index contributed by atoms with van der Waals surface area (Å²) in [5, 5.41) is 3.31. The zero-order valence-corrected chi connectivity index (χ0v) is 17.2. The highest BCUT2D eigenvalue weighted by Crippen LogP contribution is 2.43. The Balaban J connectivity index is 1.26. The number of ether oxygens (including phenoxy) is 2. The lowest BCUT2D eigenvalue weighted by Crippen LogP contribution is -2.44. The average molecular weight is 402 g/mol. The van der Waals surface area contributed by atoms with Crippen molar-refractivity contribution >= 4 is 11.3 Å². The Kier molecular flexibility index (Phi) is 4.70. The molecule has 2 atom stereocenters. The van der Waals surface area contributed by atoms with E-state index in [1.54, 1.807) is 7.11 Å². The standard InChI is InChI=1S/C25H26N2O3/c1-17(18-3-7-23(8-4-18)25(26-28)15-30-16-25)27-13-21-11-20(12-22(21)14-27)19-5-9-24(29-2)10-6-19/h3-11,21-22H,1,12-16H2,2H3. The molecule has 0 spiro atoms. The molecule has 1 aliphatic carbocycles. The maximum Gasteiger partial charge on any atom is 0.174 e. The lowest BCUT2D eigenvalue weighted by atomic mass is 9.88. The first kappa shape index (κ1) is 19.1. The molecular weight excluding hydrogens is 376 g/mol. The number of methoxy groups -OCH3 is 1. The fraction of sp³-hybridized carbons (Fsp3) is 0.360. The molecule has 2 aliphatic heterocycles. The summed E-state index contributed by atoms with van der Waals surface area (Å²) in [6, 6.07) is 16.4. The summed E-state index contributed by atoms with van der Waals surface area (Å²) < 4.78 is 10.5. The number of hydrogen-bond donors (Lipinski definition) is 0. The maximum absolute atomic E-state index is 11.2. The number of nitroso groups, excluding NO2 is 1. The molecule has 2 unspecified atom stereocenters. The van der Waals surface area contributed by atoms with Gasteiger partial charge in [0.1, 0.15) is 5.75 Å². The molecule has 30 heavy (non-hydrogen) atoms. The van der Waals surface area contributed by atoms with Crippen LogP contribution in [0.25, 0.3) is 11.3 Å². The van der Waals surface area contributed by atoms with Crippen molar-refractivity contribution in [1.29, 1.82) is 0 Å².